The maximum absolute atomic E-state index is 12.0. The van der Waals surface area contributed by atoms with Crippen LogP contribution in [0.3, 0.4) is 0 Å². The summed E-state index contributed by atoms with van der Waals surface area (Å²) in [7, 11) is 0. The summed E-state index contributed by atoms with van der Waals surface area (Å²) in [5.74, 6) is -1.21. The number of imide groups is 1. The number of carbonyl (C=O) groups excluding carboxylic acids is 2. The molecule has 0 radical (unpaired) electrons. The van der Waals surface area contributed by atoms with Gasteiger partial charge in [0, 0.05) is 6.07 Å². The van der Waals surface area contributed by atoms with E-state index in [0.29, 0.717) is 5.69 Å². The van der Waals surface area contributed by atoms with Crippen molar-refractivity contribution in [3.05, 3.63) is 57.9 Å². The Balaban J connectivity index is 2.36. The number of nitrogens with zero attached hydrogens (tertiary/aromatic N) is 1. The first kappa shape index (κ1) is 11.2. The summed E-state index contributed by atoms with van der Waals surface area (Å²) in [6, 6.07) is 9.81. The fourth-order valence-electron chi connectivity index (χ4n) is 2.12. The van der Waals surface area contributed by atoms with Crippen molar-refractivity contribution in [1.29, 1.82) is 0 Å². The molecule has 3 rings (SSSR count). The molecule has 2 amide bonds. The van der Waals surface area contributed by atoms with E-state index in [1.165, 1.54) is 4.57 Å². The lowest BCUT2D eigenvalue weighted by Gasteiger charge is -2.11. The van der Waals surface area contributed by atoms with Gasteiger partial charge in [0.2, 0.25) is 0 Å². The first-order chi connectivity index (χ1) is 9.09. The molecule has 1 aliphatic heterocycles. The van der Waals surface area contributed by atoms with Crippen molar-refractivity contribution >= 4 is 17.6 Å². The van der Waals surface area contributed by atoms with Gasteiger partial charge in [0.05, 0.1) is 16.8 Å². The Morgan fingerprint density at radius 3 is 2.37 bits per heavy atom. The van der Waals surface area contributed by atoms with E-state index in [1.54, 1.807) is 30.3 Å². The Hall–Kier alpha value is -2.89. The summed E-state index contributed by atoms with van der Waals surface area (Å²) in [6.45, 7) is 0. The van der Waals surface area contributed by atoms with E-state index in [2.05, 4.69) is 5.32 Å². The second-order valence-corrected chi connectivity index (χ2v) is 4.11. The van der Waals surface area contributed by atoms with E-state index in [-0.39, 0.29) is 16.9 Å². The van der Waals surface area contributed by atoms with Crippen LogP contribution in [0, 0.1) is 0 Å². The van der Waals surface area contributed by atoms with Crippen LogP contribution in [0.5, 0.6) is 0 Å². The minimum atomic E-state index is -0.594. The van der Waals surface area contributed by atoms with Crippen LogP contribution in [0.25, 0.3) is 5.69 Å². The van der Waals surface area contributed by atoms with Crippen LogP contribution in [0.4, 0.5) is 5.82 Å². The second kappa shape index (κ2) is 3.81. The molecule has 0 unspecified atom stereocenters. The first-order valence-corrected chi connectivity index (χ1v) is 5.56. The highest BCUT2D eigenvalue weighted by atomic mass is 16.2. The number of pyridine rings is 1. The number of hydrogen-bond donors (Lipinski definition) is 2. The SMILES string of the molecule is Nc1c2c(cc(=O)n1-c1ccccc1)C(=O)NC2=O. The highest BCUT2D eigenvalue weighted by molar-refractivity contribution is 6.23. The molecule has 6 heteroatoms. The molecule has 1 aliphatic rings. The molecule has 6 nitrogen and oxygen atoms in total. The molecular formula is C13H9N3O3. The summed E-state index contributed by atoms with van der Waals surface area (Å²) in [4.78, 5) is 35.2. The summed E-state index contributed by atoms with van der Waals surface area (Å²) in [5, 5.41) is 2.12. The fourth-order valence-corrected chi connectivity index (χ4v) is 2.12. The van der Waals surface area contributed by atoms with Crippen LogP contribution in [-0.2, 0) is 0 Å². The molecule has 2 heterocycles. The lowest BCUT2D eigenvalue weighted by Crippen LogP contribution is -2.23. The van der Waals surface area contributed by atoms with Gasteiger partial charge in [0.15, 0.2) is 0 Å². The number of amides is 2. The van der Waals surface area contributed by atoms with E-state index in [4.69, 9.17) is 5.73 Å². The van der Waals surface area contributed by atoms with Gasteiger partial charge in [-0.1, -0.05) is 18.2 Å². The number of fused-ring (bicyclic) bond motifs is 1. The number of nitrogens with one attached hydrogen (secondary N) is 1. The van der Waals surface area contributed by atoms with Gasteiger partial charge < -0.3 is 5.73 Å². The predicted octanol–water partition coefficient (Wildman–Crippen LogP) is 0.303. The van der Waals surface area contributed by atoms with Crippen LogP contribution in [0.1, 0.15) is 20.7 Å². The fraction of sp³-hybridized carbons (Fsp3) is 0. The van der Waals surface area contributed by atoms with Gasteiger partial charge in [0.25, 0.3) is 17.4 Å². The average Bonchev–Trinajstić information content (AvgIpc) is 2.66. The minimum absolute atomic E-state index is 0.0275. The molecule has 3 N–H and O–H groups in total. The Morgan fingerprint density at radius 1 is 1.00 bits per heavy atom. The number of benzene rings is 1. The van der Waals surface area contributed by atoms with E-state index < -0.39 is 17.4 Å². The van der Waals surface area contributed by atoms with E-state index >= 15 is 0 Å². The van der Waals surface area contributed by atoms with Gasteiger partial charge in [-0.25, -0.2) is 0 Å². The molecule has 0 fully saturated rings. The van der Waals surface area contributed by atoms with Crippen molar-refractivity contribution in [2.24, 2.45) is 0 Å². The third kappa shape index (κ3) is 1.54. The predicted molar refractivity (Wildman–Crippen MR) is 68.2 cm³/mol. The molecule has 1 aromatic carbocycles. The Morgan fingerprint density at radius 2 is 1.68 bits per heavy atom. The summed E-state index contributed by atoms with van der Waals surface area (Å²) < 4.78 is 1.21. The van der Waals surface area contributed by atoms with Gasteiger partial charge in [-0.3, -0.25) is 24.3 Å². The number of nitrogen functional groups attached to an aromatic ring is 1. The van der Waals surface area contributed by atoms with Crippen LogP contribution in [0.15, 0.2) is 41.2 Å². The normalized spacial score (nSPS) is 13.3. The van der Waals surface area contributed by atoms with Crippen molar-refractivity contribution in [2.45, 2.75) is 0 Å². The average molecular weight is 255 g/mol. The van der Waals surface area contributed by atoms with Crippen molar-refractivity contribution in [2.75, 3.05) is 5.73 Å². The van der Waals surface area contributed by atoms with Crippen molar-refractivity contribution < 1.29 is 9.59 Å². The number of anilines is 1. The number of carbonyl (C=O) groups is 2. The number of nitrogens with two attached hydrogens (primary N) is 1. The van der Waals surface area contributed by atoms with Gasteiger partial charge >= 0.3 is 0 Å². The lowest BCUT2D eigenvalue weighted by molar-refractivity contribution is 0.0880. The third-order valence-electron chi connectivity index (χ3n) is 2.97. The monoisotopic (exact) mass is 255 g/mol. The molecule has 0 saturated heterocycles. The molecule has 2 aromatic rings. The summed E-state index contributed by atoms with van der Waals surface area (Å²) in [6.07, 6.45) is 0. The highest BCUT2D eigenvalue weighted by Gasteiger charge is 2.31. The van der Waals surface area contributed by atoms with Crippen LogP contribution >= 0.6 is 0 Å². The molecule has 0 spiro atoms. The van der Waals surface area contributed by atoms with Gasteiger partial charge in [-0.2, -0.15) is 0 Å². The van der Waals surface area contributed by atoms with Crippen molar-refractivity contribution in [1.82, 2.24) is 9.88 Å². The lowest BCUT2D eigenvalue weighted by atomic mass is 10.1. The van der Waals surface area contributed by atoms with Crippen LogP contribution in [-0.4, -0.2) is 16.4 Å². The first-order valence-electron chi connectivity index (χ1n) is 5.56. The van der Waals surface area contributed by atoms with E-state index in [0.717, 1.165) is 6.07 Å². The Labute approximate surface area is 107 Å². The van der Waals surface area contributed by atoms with Gasteiger partial charge in [-0.05, 0) is 12.1 Å². The molecule has 0 bridgehead atoms. The molecule has 0 saturated carbocycles. The van der Waals surface area contributed by atoms with Gasteiger partial charge in [0.1, 0.15) is 5.82 Å². The quantitative estimate of drug-likeness (QED) is 0.717. The second-order valence-electron chi connectivity index (χ2n) is 4.11. The maximum Gasteiger partial charge on any atom is 0.262 e. The minimum Gasteiger partial charge on any atom is -0.384 e. The number of hydrogen-bond acceptors (Lipinski definition) is 4. The Kier molecular flexibility index (Phi) is 2.25. The highest BCUT2D eigenvalue weighted by Crippen LogP contribution is 2.22. The van der Waals surface area contributed by atoms with Gasteiger partial charge in [-0.15, -0.1) is 0 Å². The van der Waals surface area contributed by atoms with Crippen LogP contribution in [0.2, 0.25) is 0 Å². The van der Waals surface area contributed by atoms with Crippen molar-refractivity contribution in [3.63, 3.8) is 0 Å². The molecule has 0 aliphatic carbocycles. The molecular weight excluding hydrogens is 246 g/mol. The van der Waals surface area contributed by atoms with E-state index in [1.807, 2.05) is 0 Å². The molecule has 1 aromatic heterocycles. The topological polar surface area (TPSA) is 94.2 Å². The number of aromatic nitrogens is 1. The largest absolute Gasteiger partial charge is 0.384 e. The zero-order chi connectivity index (χ0) is 13.6. The van der Waals surface area contributed by atoms with Crippen molar-refractivity contribution in [3.8, 4) is 5.69 Å². The zero-order valence-corrected chi connectivity index (χ0v) is 9.71. The molecule has 94 valence electrons. The zero-order valence-electron chi connectivity index (χ0n) is 9.71. The van der Waals surface area contributed by atoms with Crippen LogP contribution < -0.4 is 16.6 Å². The number of para-hydroxylation sites is 1. The summed E-state index contributed by atoms with van der Waals surface area (Å²) in [5.41, 5.74) is 6.04. The standard InChI is InChI=1S/C13H9N3O3/c14-11-10-8(12(18)15-13(10)19)6-9(17)16(11)7-4-2-1-3-5-7/h1-6H,14H2,(H,15,18,19). The van der Waals surface area contributed by atoms with E-state index in [9.17, 15) is 14.4 Å². The molecule has 0 atom stereocenters. The smallest absolute Gasteiger partial charge is 0.262 e. The summed E-state index contributed by atoms with van der Waals surface area (Å²) >= 11 is 0. The maximum atomic E-state index is 12.0. The third-order valence-corrected chi connectivity index (χ3v) is 2.97. The Bertz CT molecular complexity index is 763. The molecule has 19 heavy (non-hydrogen) atoms. The number of rotatable bonds is 1.